The molecule has 1 aromatic rings. The summed E-state index contributed by atoms with van der Waals surface area (Å²) in [6.45, 7) is 0.0799. The van der Waals surface area contributed by atoms with Crippen molar-refractivity contribution in [2.24, 2.45) is 5.11 Å². The Morgan fingerprint density at radius 2 is 2.21 bits per heavy atom. The van der Waals surface area contributed by atoms with E-state index < -0.39 is 29.7 Å². The van der Waals surface area contributed by atoms with E-state index in [-0.39, 0.29) is 13.0 Å². The Labute approximate surface area is 137 Å². The summed E-state index contributed by atoms with van der Waals surface area (Å²) >= 11 is 0. The van der Waals surface area contributed by atoms with Crippen molar-refractivity contribution in [2.45, 2.75) is 50.5 Å². The molecule has 1 aliphatic rings. The fourth-order valence-electron chi connectivity index (χ4n) is 2.69. The van der Waals surface area contributed by atoms with E-state index in [0.29, 0.717) is 18.5 Å². The van der Waals surface area contributed by atoms with E-state index in [9.17, 15) is 14.7 Å². The molecule has 0 amide bonds. The topological polar surface area (TPSA) is 153 Å². The first-order valence-corrected chi connectivity index (χ1v) is 7.86. The lowest BCUT2D eigenvalue weighted by molar-refractivity contribution is -0.0460. The van der Waals surface area contributed by atoms with Crippen LogP contribution >= 0.6 is 0 Å². The number of aromatic nitrogens is 2. The molecule has 2 heterocycles. The minimum Gasteiger partial charge on any atom is -0.394 e. The Hall–Kier alpha value is -2.13. The Morgan fingerprint density at radius 3 is 2.88 bits per heavy atom. The molecule has 0 spiro atoms. The van der Waals surface area contributed by atoms with Crippen LogP contribution in [0, 0.1) is 0 Å². The van der Waals surface area contributed by atoms with Crippen LogP contribution in [0.25, 0.3) is 10.4 Å². The molecule has 0 radical (unpaired) electrons. The Morgan fingerprint density at radius 1 is 1.42 bits per heavy atom. The fraction of sp³-hybridized carbons (Fsp3) is 0.714. The molecule has 3 N–H and O–H groups in total. The molecule has 0 aliphatic carbocycles. The summed E-state index contributed by atoms with van der Waals surface area (Å²) in [6.07, 6.45) is 2.03. The highest BCUT2D eigenvalue weighted by atomic mass is 16.5. The van der Waals surface area contributed by atoms with Crippen molar-refractivity contribution >= 4 is 0 Å². The maximum atomic E-state index is 12.0. The van der Waals surface area contributed by atoms with Crippen LogP contribution in [0.5, 0.6) is 0 Å². The smallest absolute Gasteiger partial charge is 0.330 e. The molecule has 3 atom stereocenters. The van der Waals surface area contributed by atoms with Gasteiger partial charge in [-0.15, -0.1) is 0 Å². The molecule has 0 aromatic carbocycles. The lowest BCUT2D eigenvalue weighted by Crippen LogP contribution is -2.34. The highest BCUT2D eigenvalue weighted by Crippen LogP contribution is 2.27. The molecular weight excluding hydrogens is 318 g/mol. The monoisotopic (exact) mass is 339 g/mol. The molecule has 1 saturated heterocycles. The number of hydrogen-bond donors (Lipinski definition) is 3. The zero-order valence-electron chi connectivity index (χ0n) is 13.2. The zero-order chi connectivity index (χ0) is 17.5. The predicted octanol–water partition coefficient (Wildman–Crippen LogP) is 0.200. The van der Waals surface area contributed by atoms with Crippen LogP contribution < -0.4 is 11.2 Å². The van der Waals surface area contributed by atoms with Crippen LogP contribution in [0.1, 0.15) is 37.5 Å². The van der Waals surface area contributed by atoms with Gasteiger partial charge in [0.25, 0.3) is 5.56 Å². The van der Waals surface area contributed by atoms with Crippen LogP contribution in [0.15, 0.2) is 20.9 Å². The third kappa shape index (κ3) is 4.45. The minimum absolute atomic E-state index is 0.169. The summed E-state index contributed by atoms with van der Waals surface area (Å²) in [7, 11) is 0. The normalized spacial score (nSPS) is 23.2. The van der Waals surface area contributed by atoms with Crippen LogP contribution in [0.3, 0.4) is 0 Å². The third-order valence-electron chi connectivity index (χ3n) is 4.00. The van der Waals surface area contributed by atoms with Gasteiger partial charge >= 0.3 is 5.69 Å². The molecule has 1 unspecified atom stereocenters. The van der Waals surface area contributed by atoms with Crippen molar-refractivity contribution in [3.8, 4) is 0 Å². The van der Waals surface area contributed by atoms with Crippen molar-refractivity contribution in [2.75, 3.05) is 13.2 Å². The first kappa shape index (κ1) is 18.2. The largest absolute Gasteiger partial charge is 0.394 e. The number of hydrogen-bond acceptors (Lipinski definition) is 6. The number of nitrogens with one attached hydrogen (secondary N) is 1. The Kier molecular flexibility index (Phi) is 6.56. The second-order valence-electron chi connectivity index (χ2n) is 5.70. The highest BCUT2D eigenvalue weighted by Gasteiger charge is 2.35. The highest BCUT2D eigenvalue weighted by molar-refractivity contribution is 5.05. The molecule has 1 aromatic heterocycles. The standard InChI is InChI=1S/C14H21N5O5/c15-18-16-5-3-1-2-4-9-7-19(14(23)17-13(9)22)12-6-10(21)11(8-20)24-12/h7,10-12,20-21H,1-6,8H2,(H,17,22,23)/t10?,11-,12-/m1/s1. The quantitative estimate of drug-likeness (QED) is 0.267. The van der Waals surface area contributed by atoms with Crippen molar-refractivity contribution in [1.29, 1.82) is 0 Å². The molecule has 1 aliphatic heterocycles. The number of aliphatic hydroxyl groups is 2. The number of aryl methyl sites for hydroxylation is 1. The molecule has 24 heavy (non-hydrogen) atoms. The SMILES string of the molecule is [N-]=[N+]=NCCCCCc1cn([C@H]2CC(O)[C@@H](CO)O2)c(=O)[nH]c1=O. The molecule has 2 rings (SSSR count). The average molecular weight is 339 g/mol. The Bertz CT molecular complexity index is 708. The average Bonchev–Trinajstić information content (AvgIpc) is 2.93. The van der Waals surface area contributed by atoms with Crippen LogP contribution in [0.4, 0.5) is 0 Å². The zero-order valence-corrected chi connectivity index (χ0v) is 13.2. The molecule has 10 nitrogen and oxygen atoms in total. The number of unbranched alkanes of at least 4 members (excludes halogenated alkanes) is 2. The number of aromatic amines is 1. The number of nitrogens with zero attached hydrogens (tertiary/aromatic N) is 4. The molecule has 1 fully saturated rings. The predicted molar refractivity (Wildman–Crippen MR) is 84.5 cm³/mol. The van der Waals surface area contributed by atoms with Gasteiger partial charge in [0.15, 0.2) is 0 Å². The van der Waals surface area contributed by atoms with Gasteiger partial charge in [0.2, 0.25) is 0 Å². The summed E-state index contributed by atoms with van der Waals surface area (Å²) in [4.78, 5) is 28.8. The summed E-state index contributed by atoms with van der Waals surface area (Å²) in [5.74, 6) is 0. The van der Waals surface area contributed by atoms with Crippen molar-refractivity contribution in [1.82, 2.24) is 9.55 Å². The van der Waals surface area contributed by atoms with Gasteiger partial charge < -0.3 is 14.9 Å². The van der Waals surface area contributed by atoms with Gasteiger partial charge in [-0.2, -0.15) is 0 Å². The van der Waals surface area contributed by atoms with Gasteiger partial charge in [0, 0.05) is 29.6 Å². The van der Waals surface area contributed by atoms with Crippen molar-refractivity contribution in [3.63, 3.8) is 0 Å². The molecule has 10 heteroatoms. The lowest BCUT2D eigenvalue weighted by atomic mass is 10.1. The van der Waals surface area contributed by atoms with E-state index in [0.717, 1.165) is 19.3 Å². The summed E-state index contributed by atoms with van der Waals surface area (Å²) in [6, 6.07) is 0. The molecule has 132 valence electrons. The van der Waals surface area contributed by atoms with Gasteiger partial charge in [-0.25, -0.2) is 4.79 Å². The second kappa shape index (κ2) is 8.65. The van der Waals surface area contributed by atoms with E-state index >= 15 is 0 Å². The maximum Gasteiger partial charge on any atom is 0.330 e. The van der Waals surface area contributed by atoms with E-state index in [1.165, 1.54) is 10.8 Å². The third-order valence-corrected chi connectivity index (χ3v) is 4.00. The van der Waals surface area contributed by atoms with Crippen LogP contribution in [-0.4, -0.2) is 45.1 Å². The van der Waals surface area contributed by atoms with Gasteiger partial charge in [-0.05, 0) is 24.8 Å². The first-order chi connectivity index (χ1) is 11.6. The summed E-state index contributed by atoms with van der Waals surface area (Å²) < 4.78 is 6.69. The van der Waals surface area contributed by atoms with Crippen molar-refractivity contribution < 1.29 is 14.9 Å². The molecular formula is C14H21N5O5. The summed E-state index contributed by atoms with van der Waals surface area (Å²) in [5.41, 5.74) is 7.59. The molecule has 0 bridgehead atoms. The van der Waals surface area contributed by atoms with Crippen LogP contribution in [0.2, 0.25) is 0 Å². The Balaban J connectivity index is 2.04. The van der Waals surface area contributed by atoms with E-state index in [1.807, 2.05) is 0 Å². The van der Waals surface area contributed by atoms with Gasteiger partial charge in [-0.3, -0.25) is 14.3 Å². The first-order valence-electron chi connectivity index (χ1n) is 7.86. The van der Waals surface area contributed by atoms with Crippen molar-refractivity contribution in [3.05, 3.63) is 43.0 Å². The summed E-state index contributed by atoms with van der Waals surface area (Å²) in [5, 5.41) is 22.3. The van der Waals surface area contributed by atoms with E-state index in [4.69, 9.17) is 15.4 Å². The lowest BCUT2D eigenvalue weighted by Gasteiger charge is -2.15. The van der Waals surface area contributed by atoms with E-state index in [1.54, 1.807) is 0 Å². The second-order valence-corrected chi connectivity index (χ2v) is 5.70. The van der Waals surface area contributed by atoms with Gasteiger partial charge in [0.1, 0.15) is 12.3 Å². The number of aliphatic hydroxyl groups excluding tert-OH is 2. The number of azide groups is 1. The van der Waals surface area contributed by atoms with Crippen LogP contribution in [-0.2, 0) is 11.2 Å². The maximum absolute atomic E-state index is 12.0. The minimum atomic E-state index is -0.858. The van der Waals surface area contributed by atoms with E-state index in [2.05, 4.69) is 15.0 Å². The van der Waals surface area contributed by atoms with Gasteiger partial charge in [-0.1, -0.05) is 11.5 Å². The number of ether oxygens (including phenoxy) is 1. The fourth-order valence-corrected chi connectivity index (χ4v) is 2.69. The number of rotatable bonds is 8. The van der Waals surface area contributed by atoms with Gasteiger partial charge in [0.05, 0.1) is 12.7 Å². The number of H-pyrrole nitrogens is 1. The molecule has 0 saturated carbocycles.